The molecule has 0 fully saturated rings. The van der Waals surface area contributed by atoms with E-state index in [4.69, 9.17) is 0 Å². The number of hydrogen-bond donors (Lipinski definition) is 0. The lowest BCUT2D eigenvalue weighted by atomic mass is 10.3. The predicted octanol–water partition coefficient (Wildman–Crippen LogP) is 2.45. The van der Waals surface area contributed by atoms with Gasteiger partial charge in [-0.3, -0.25) is 4.98 Å². The summed E-state index contributed by atoms with van der Waals surface area (Å²) in [6.45, 7) is 3.17. The summed E-state index contributed by atoms with van der Waals surface area (Å²) in [4.78, 5) is 6.40. The van der Waals surface area contributed by atoms with Crippen LogP contribution in [0.25, 0.3) is 0 Å². The molecule has 1 aliphatic heterocycles. The van der Waals surface area contributed by atoms with Gasteiger partial charge >= 0.3 is 0 Å². The SMILES string of the molecule is CC1SC=CN1Cc1cccnc1. The van der Waals surface area contributed by atoms with Crippen molar-refractivity contribution in [2.24, 2.45) is 0 Å². The molecule has 1 aliphatic rings. The Morgan fingerprint density at radius 3 is 3.15 bits per heavy atom. The number of thioether (sulfide) groups is 1. The highest BCUT2D eigenvalue weighted by atomic mass is 32.2. The summed E-state index contributed by atoms with van der Waals surface area (Å²) in [6.07, 6.45) is 5.87. The van der Waals surface area contributed by atoms with Crippen molar-refractivity contribution in [2.75, 3.05) is 0 Å². The molecule has 0 aliphatic carbocycles. The van der Waals surface area contributed by atoms with Gasteiger partial charge in [-0.2, -0.15) is 0 Å². The van der Waals surface area contributed by atoms with E-state index in [2.05, 4.69) is 34.5 Å². The standard InChI is InChI=1S/C10H12N2S/c1-9-12(5-6-13-9)8-10-3-2-4-11-7-10/h2-7,9H,8H2,1H3. The van der Waals surface area contributed by atoms with E-state index in [0.717, 1.165) is 6.54 Å². The number of aromatic nitrogens is 1. The highest BCUT2D eigenvalue weighted by molar-refractivity contribution is 8.02. The van der Waals surface area contributed by atoms with Crippen LogP contribution in [-0.4, -0.2) is 15.3 Å². The Bertz CT molecular complexity index is 297. The van der Waals surface area contributed by atoms with Crippen LogP contribution in [0.1, 0.15) is 12.5 Å². The molecule has 0 spiro atoms. The third kappa shape index (κ3) is 2.04. The van der Waals surface area contributed by atoms with E-state index in [1.807, 2.05) is 30.2 Å². The van der Waals surface area contributed by atoms with E-state index in [0.29, 0.717) is 5.37 Å². The molecule has 13 heavy (non-hydrogen) atoms. The van der Waals surface area contributed by atoms with Crippen LogP contribution in [0.15, 0.2) is 36.1 Å². The molecule has 0 N–H and O–H groups in total. The van der Waals surface area contributed by atoms with Crippen molar-refractivity contribution >= 4 is 11.8 Å². The van der Waals surface area contributed by atoms with Crippen molar-refractivity contribution < 1.29 is 0 Å². The monoisotopic (exact) mass is 192 g/mol. The molecule has 1 atom stereocenters. The molecule has 2 rings (SSSR count). The van der Waals surface area contributed by atoms with Crippen LogP contribution >= 0.6 is 11.8 Å². The molecule has 1 aromatic rings. The molecular formula is C10H12N2S. The van der Waals surface area contributed by atoms with E-state index in [1.54, 1.807) is 0 Å². The third-order valence-corrected chi connectivity index (χ3v) is 3.03. The van der Waals surface area contributed by atoms with Gasteiger partial charge in [0.25, 0.3) is 0 Å². The first-order valence-electron chi connectivity index (χ1n) is 4.33. The molecule has 2 heterocycles. The van der Waals surface area contributed by atoms with Crippen molar-refractivity contribution in [3.63, 3.8) is 0 Å². The molecular weight excluding hydrogens is 180 g/mol. The fourth-order valence-electron chi connectivity index (χ4n) is 1.31. The smallest absolute Gasteiger partial charge is 0.0761 e. The molecule has 1 aromatic heterocycles. The second-order valence-corrected chi connectivity index (χ2v) is 4.28. The van der Waals surface area contributed by atoms with Crippen molar-refractivity contribution in [1.29, 1.82) is 0 Å². The van der Waals surface area contributed by atoms with Crippen molar-refractivity contribution in [3.8, 4) is 0 Å². The molecule has 0 bridgehead atoms. The average Bonchev–Trinajstić information content (AvgIpc) is 2.54. The Kier molecular flexibility index (Phi) is 2.54. The summed E-state index contributed by atoms with van der Waals surface area (Å²) >= 11 is 1.85. The maximum absolute atomic E-state index is 4.09. The minimum absolute atomic E-state index is 0.556. The number of pyridine rings is 1. The molecule has 1 unspecified atom stereocenters. The summed E-state index contributed by atoms with van der Waals surface area (Å²) in [6, 6.07) is 4.09. The molecule has 0 aromatic carbocycles. The molecule has 68 valence electrons. The quantitative estimate of drug-likeness (QED) is 0.716. The van der Waals surface area contributed by atoms with Crippen molar-refractivity contribution in [1.82, 2.24) is 9.88 Å². The Morgan fingerprint density at radius 1 is 1.62 bits per heavy atom. The van der Waals surface area contributed by atoms with Crippen LogP contribution in [0.5, 0.6) is 0 Å². The zero-order valence-corrected chi connectivity index (χ0v) is 8.37. The van der Waals surface area contributed by atoms with E-state index in [1.165, 1.54) is 5.56 Å². The molecule has 0 amide bonds. The summed E-state index contributed by atoms with van der Waals surface area (Å²) in [5.74, 6) is 0. The van der Waals surface area contributed by atoms with Gasteiger partial charge in [0, 0.05) is 25.1 Å². The van der Waals surface area contributed by atoms with Crippen LogP contribution in [0.4, 0.5) is 0 Å². The van der Waals surface area contributed by atoms with E-state index in [9.17, 15) is 0 Å². The molecule has 0 saturated carbocycles. The Morgan fingerprint density at radius 2 is 2.54 bits per heavy atom. The average molecular weight is 192 g/mol. The maximum Gasteiger partial charge on any atom is 0.0761 e. The first kappa shape index (κ1) is 8.63. The van der Waals surface area contributed by atoms with Crippen LogP contribution < -0.4 is 0 Å². The lowest BCUT2D eigenvalue weighted by Gasteiger charge is -2.20. The second-order valence-electron chi connectivity index (χ2n) is 3.05. The zero-order valence-electron chi connectivity index (χ0n) is 7.55. The second kappa shape index (κ2) is 3.83. The fourth-order valence-corrected chi connectivity index (χ4v) is 2.07. The van der Waals surface area contributed by atoms with Gasteiger partial charge in [0.2, 0.25) is 0 Å². The number of hydrogen-bond acceptors (Lipinski definition) is 3. The van der Waals surface area contributed by atoms with Crippen LogP contribution in [0, 0.1) is 0 Å². The van der Waals surface area contributed by atoms with Crippen LogP contribution in [-0.2, 0) is 6.54 Å². The number of nitrogens with zero attached hydrogens (tertiary/aromatic N) is 2. The van der Waals surface area contributed by atoms with E-state index >= 15 is 0 Å². The fraction of sp³-hybridized carbons (Fsp3) is 0.300. The highest BCUT2D eigenvalue weighted by Crippen LogP contribution is 2.25. The minimum atomic E-state index is 0.556. The van der Waals surface area contributed by atoms with Crippen LogP contribution in [0.2, 0.25) is 0 Å². The Balaban J connectivity index is 2.02. The van der Waals surface area contributed by atoms with Gasteiger partial charge in [-0.25, -0.2) is 0 Å². The summed E-state index contributed by atoms with van der Waals surface area (Å²) in [5, 5.41) is 2.70. The van der Waals surface area contributed by atoms with Gasteiger partial charge in [-0.15, -0.1) is 11.8 Å². The molecule has 3 heteroatoms. The molecule has 0 saturated heterocycles. The Labute approximate surface area is 82.7 Å². The van der Waals surface area contributed by atoms with Gasteiger partial charge in [-0.1, -0.05) is 6.07 Å². The van der Waals surface area contributed by atoms with Gasteiger partial charge in [0.05, 0.1) is 5.37 Å². The van der Waals surface area contributed by atoms with Gasteiger partial charge in [-0.05, 0) is 24.0 Å². The largest absolute Gasteiger partial charge is 0.361 e. The topological polar surface area (TPSA) is 16.1 Å². The zero-order chi connectivity index (χ0) is 9.10. The van der Waals surface area contributed by atoms with Gasteiger partial charge in [0.1, 0.15) is 0 Å². The normalized spacial score (nSPS) is 21.0. The third-order valence-electron chi connectivity index (χ3n) is 2.08. The lowest BCUT2D eigenvalue weighted by molar-refractivity contribution is 0.370. The molecule has 0 radical (unpaired) electrons. The van der Waals surface area contributed by atoms with Crippen molar-refractivity contribution in [2.45, 2.75) is 18.8 Å². The van der Waals surface area contributed by atoms with E-state index in [-0.39, 0.29) is 0 Å². The predicted molar refractivity (Wildman–Crippen MR) is 56.0 cm³/mol. The summed E-state index contributed by atoms with van der Waals surface area (Å²) in [7, 11) is 0. The van der Waals surface area contributed by atoms with E-state index < -0.39 is 0 Å². The maximum atomic E-state index is 4.09. The Hall–Kier alpha value is -0.960. The molecule has 2 nitrogen and oxygen atoms in total. The van der Waals surface area contributed by atoms with Gasteiger partial charge < -0.3 is 4.90 Å². The van der Waals surface area contributed by atoms with Gasteiger partial charge in [0.15, 0.2) is 0 Å². The number of rotatable bonds is 2. The first-order valence-corrected chi connectivity index (χ1v) is 5.27. The minimum Gasteiger partial charge on any atom is -0.361 e. The van der Waals surface area contributed by atoms with Crippen molar-refractivity contribution in [3.05, 3.63) is 41.7 Å². The first-order chi connectivity index (χ1) is 6.36. The lowest BCUT2D eigenvalue weighted by Crippen LogP contribution is -2.20. The highest BCUT2D eigenvalue weighted by Gasteiger charge is 2.14. The summed E-state index contributed by atoms with van der Waals surface area (Å²) in [5.41, 5.74) is 1.27. The summed E-state index contributed by atoms with van der Waals surface area (Å²) < 4.78 is 0. The van der Waals surface area contributed by atoms with Crippen LogP contribution in [0.3, 0.4) is 0 Å².